The van der Waals surface area contributed by atoms with Crippen LogP contribution in [0.3, 0.4) is 0 Å². The molecule has 0 aliphatic rings. The molecule has 0 spiro atoms. The van der Waals surface area contributed by atoms with Gasteiger partial charge in [0.25, 0.3) is 23.1 Å². The average molecular weight is 1590 g/mol. The van der Waals surface area contributed by atoms with E-state index in [9.17, 15) is 20.4 Å². The van der Waals surface area contributed by atoms with Crippen molar-refractivity contribution in [2.75, 3.05) is 26.4 Å². The third-order valence-corrected chi connectivity index (χ3v) is 11.3. The molecule has 0 bridgehead atoms. The van der Waals surface area contributed by atoms with E-state index in [-0.39, 0.29) is 217 Å². The van der Waals surface area contributed by atoms with Gasteiger partial charge in [-0.3, -0.25) is 0 Å². The molecule has 49 heteroatoms. The predicted octanol–water partition coefficient (Wildman–Crippen LogP) is -28.6. The normalized spacial score (nSPS) is 9.16. The second kappa shape index (κ2) is 54.5. The number of aliphatic hydroxyl groups is 4. The second-order valence-corrected chi connectivity index (χ2v) is 15.1. The Balaban J connectivity index is -0.0000000776. The molecule has 0 amide bonds. The molecular formula is C44H78Cl6Co3N24O16+6. The maximum Gasteiger partial charge on any atom is 2.00 e. The minimum atomic E-state index is -1.02. The summed E-state index contributed by atoms with van der Waals surface area (Å²) in [5.74, 6) is -4.07. The first kappa shape index (κ1) is 117. The summed E-state index contributed by atoms with van der Waals surface area (Å²) in [5.41, 5.74) is 0. The van der Waals surface area contributed by atoms with Crippen molar-refractivity contribution in [2.45, 2.75) is 23.1 Å². The number of rotatable bonds is 16. The molecule has 12 heterocycles. The Bertz CT molecular complexity index is 2530. The van der Waals surface area contributed by atoms with Crippen LogP contribution in [0.25, 0.3) is 0 Å². The van der Waals surface area contributed by atoms with Crippen LogP contribution in [0.2, 0.25) is 0 Å². The van der Waals surface area contributed by atoms with Crippen LogP contribution in [-0.4, -0.2) is 197 Å². The van der Waals surface area contributed by atoms with E-state index in [0.29, 0.717) is 0 Å². The van der Waals surface area contributed by atoms with Gasteiger partial charge >= 0.3 is 50.3 Å². The van der Waals surface area contributed by atoms with E-state index in [2.05, 4.69) is 61.2 Å². The molecule has 533 valence electrons. The zero-order valence-corrected chi connectivity index (χ0v) is 55.5. The van der Waals surface area contributed by atoms with Crippen LogP contribution in [0.1, 0.15) is 0 Å². The van der Waals surface area contributed by atoms with Gasteiger partial charge in [0.15, 0.2) is 0 Å². The summed E-state index contributed by atoms with van der Waals surface area (Å²) in [6.45, 7) is -0.897. The van der Waals surface area contributed by atoms with Crippen molar-refractivity contribution in [3.8, 4) is 0 Å². The van der Waals surface area contributed by atoms with Gasteiger partial charge in [-0.2, -0.15) is 61.2 Å². The van der Waals surface area contributed by atoms with Crippen LogP contribution in [0.15, 0.2) is 222 Å². The maximum absolute atomic E-state index is 9.91. The van der Waals surface area contributed by atoms with Crippen molar-refractivity contribution in [1.82, 2.24) is 117 Å². The van der Waals surface area contributed by atoms with Crippen molar-refractivity contribution in [2.24, 2.45) is 0 Å². The number of aromatic nitrogens is 24. The fraction of sp³-hybridized carbons (Fsp3) is 0.182. The number of hydrogen-bond donors (Lipinski definition) is 4. The third kappa shape index (κ3) is 22.7. The van der Waals surface area contributed by atoms with Crippen LogP contribution in [0.5, 0.6) is 0 Å². The van der Waals surface area contributed by atoms with Crippen molar-refractivity contribution < 1.29 is 211 Å². The smallest absolute Gasteiger partial charge is 1.00 e. The Morgan fingerprint density at radius 3 is 0.312 bits per heavy atom. The van der Waals surface area contributed by atoms with Crippen molar-refractivity contribution in [3.63, 3.8) is 0 Å². The topological polar surface area (TPSA) is 682 Å². The van der Waals surface area contributed by atoms with Gasteiger partial charge in [-0.15, -0.1) is 0 Å². The van der Waals surface area contributed by atoms with Crippen LogP contribution < -0.4 is 74.4 Å². The fourth-order valence-electron chi connectivity index (χ4n) is 7.90. The Labute approximate surface area is 595 Å². The van der Waals surface area contributed by atoms with E-state index < -0.39 is 23.1 Å². The van der Waals surface area contributed by atoms with E-state index in [4.69, 9.17) is 0 Å². The minimum Gasteiger partial charge on any atom is -1.00 e. The summed E-state index contributed by atoms with van der Waals surface area (Å²) in [6.07, 6.45) is 41.0. The SMILES string of the molecule is O.O.O.O.O.O.OCC(n1cccn1)(n1cccn1)n1cccn1.OCC(n1cccn1)(n1cccn1)n1cccn1.OCC(n1cccn1)(n1cccn1)n1cccn1.OCC(n1cccn1)(n1cccn1)n1cccn1.[Cl-].[Cl-].[Cl-].[Cl-].[Cl-].[Cl-].[Co+2].[Co+2].[Co+2].[OH3+].[OH3+].[OH3+].[OH3+].[OH3+].[OH3+]. The first-order valence-electron chi connectivity index (χ1n) is 22.0. The van der Waals surface area contributed by atoms with Gasteiger partial charge < -0.3 is 161 Å². The van der Waals surface area contributed by atoms with Crippen LogP contribution in [0.4, 0.5) is 0 Å². The van der Waals surface area contributed by atoms with Crippen molar-refractivity contribution in [3.05, 3.63) is 222 Å². The monoisotopic (exact) mass is 1590 g/mol. The first-order valence-corrected chi connectivity index (χ1v) is 22.0. The molecule has 0 aliphatic heterocycles. The van der Waals surface area contributed by atoms with Crippen LogP contribution in [-0.2, 0) is 106 Å². The van der Waals surface area contributed by atoms with Gasteiger partial charge in [-0.05, 0) is 72.8 Å². The Kier molecular flexibility index (Phi) is 68.4. The van der Waals surface area contributed by atoms with Crippen LogP contribution in [0, 0.1) is 0 Å². The minimum absolute atomic E-state index is 0. The Hall–Kier alpha value is -6.86. The summed E-state index contributed by atoms with van der Waals surface area (Å²) in [6, 6.07) is 21.5. The number of nitrogens with zero attached hydrogens (tertiary/aromatic N) is 24. The molecule has 0 atom stereocenters. The number of halogens is 6. The van der Waals surface area contributed by atoms with Crippen molar-refractivity contribution >= 4 is 0 Å². The summed E-state index contributed by atoms with van der Waals surface area (Å²) in [5, 5.41) is 90.1. The van der Waals surface area contributed by atoms with E-state index in [1.165, 1.54) is 0 Å². The molecule has 12 aromatic rings. The van der Waals surface area contributed by atoms with E-state index in [0.717, 1.165) is 0 Å². The molecule has 0 aromatic carbocycles. The molecule has 3 radical (unpaired) electrons. The van der Waals surface area contributed by atoms with Gasteiger partial charge in [-0.1, -0.05) is 0 Å². The molecule has 34 N–H and O–H groups in total. The zero-order valence-electron chi connectivity index (χ0n) is 47.9. The molecule has 0 aliphatic carbocycles. The van der Waals surface area contributed by atoms with Gasteiger partial charge in [0.05, 0.1) is 0 Å². The summed E-state index contributed by atoms with van der Waals surface area (Å²) >= 11 is 0. The average Bonchev–Trinajstić information content (AvgIpc) is 4.22. The fourth-order valence-corrected chi connectivity index (χ4v) is 7.90. The van der Waals surface area contributed by atoms with Gasteiger partial charge in [0, 0.05) is 149 Å². The number of hydrogen-bond acceptors (Lipinski definition) is 16. The second-order valence-electron chi connectivity index (χ2n) is 15.1. The van der Waals surface area contributed by atoms with E-state index >= 15 is 0 Å². The summed E-state index contributed by atoms with van der Waals surface area (Å²) < 4.78 is 19.4. The molecule has 93 heavy (non-hydrogen) atoms. The largest absolute Gasteiger partial charge is 2.00 e. The first-order chi connectivity index (χ1) is 35.5. The predicted molar refractivity (Wildman–Crippen MR) is 301 cm³/mol. The molecule has 0 saturated heterocycles. The number of aliphatic hydroxyl groups excluding tert-OH is 4. The van der Waals surface area contributed by atoms with Gasteiger partial charge in [0.1, 0.15) is 26.4 Å². The maximum atomic E-state index is 9.91. The Morgan fingerprint density at radius 2 is 0.269 bits per heavy atom. The molecule has 0 fully saturated rings. The molecule has 12 aromatic heterocycles. The Morgan fingerprint density at radius 1 is 0.194 bits per heavy atom. The summed E-state index contributed by atoms with van der Waals surface area (Å²) in [4.78, 5) is 0. The van der Waals surface area contributed by atoms with Gasteiger partial charge in [0.2, 0.25) is 0 Å². The zero-order chi connectivity index (χ0) is 49.7. The molecule has 12 rings (SSSR count). The third-order valence-electron chi connectivity index (χ3n) is 11.3. The van der Waals surface area contributed by atoms with E-state index in [1.807, 2.05) is 0 Å². The van der Waals surface area contributed by atoms with Crippen molar-refractivity contribution in [1.29, 1.82) is 0 Å². The molecule has 40 nitrogen and oxygen atoms in total. The van der Waals surface area contributed by atoms with Crippen LogP contribution >= 0.6 is 0 Å². The molecular weight excluding hydrogens is 1510 g/mol. The van der Waals surface area contributed by atoms with E-state index in [1.54, 1.807) is 278 Å². The van der Waals surface area contributed by atoms with Gasteiger partial charge in [-0.25, -0.2) is 56.2 Å². The standard InChI is InChI=1S/4C11H12N6O.6ClH.3Co.12H2O/c4*18-10-11(15-7-1-4-12-15,16-8-2-5-13-16)17-9-3-6-14-17;;;;;;;;;;;;;;;;;;;;;/h4*1-9,18H,10H2;6*1H;;;;12*1H2/q;;;;;;;;;;3*+2;;;;;;;;;;;;. The molecule has 0 unspecified atom stereocenters. The summed E-state index contributed by atoms with van der Waals surface area (Å²) in [7, 11) is 0. The quantitative estimate of drug-likeness (QED) is 0.0653. The molecule has 0 saturated carbocycles.